The molecule has 2 aromatic carbocycles. The third-order valence-corrected chi connectivity index (χ3v) is 3.14. The Kier molecular flexibility index (Phi) is 1.98. The minimum absolute atomic E-state index is 0.900. The summed E-state index contributed by atoms with van der Waals surface area (Å²) in [5.41, 5.74) is 3.42. The average Bonchev–Trinajstić information content (AvgIpc) is 2.67. The lowest BCUT2D eigenvalue weighted by atomic mass is 10.1. The molecule has 3 rings (SSSR count). The van der Waals surface area contributed by atoms with Gasteiger partial charge in [0, 0.05) is 16.3 Å². The first-order chi connectivity index (χ1) is 7.77. The monoisotopic (exact) mass is 220 g/mol. The van der Waals surface area contributed by atoms with Gasteiger partial charge in [0.1, 0.15) is 0 Å². The molecule has 0 fully saturated rings. The van der Waals surface area contributed by atoms with Crippen LogP contribution in [0.3, 0.4) is 0 Å². The predicted molar refractivity (Wildman–Crippen MR) is 70.6 cm³/mol. The number of hydrogen-bond donors (Lipinski definition) is 1. The Morgan fingerprint density at radius 1 is 1.00 bits per heavy atom. The summed E-state index contributed by atoms with van der Waals surface area (Å²) in [5, 5.41) is 3.40. The molecule has 0 aliphatic carbocycles. The Morgan fingerprint density at radius 2 is 1.75 bits per heavy atom. The van der Waals surface area contributed by atoms with E-state index in [2.05, 4.69) is 58.2 Å². The molecular formula is C14H10NSi. The molecule has 2 heteroatoms. The van der Waals surface area contributed by atoms with E-state index in [0.29, 0.717) is 0 Å². The second-order valence-corrected chi connectivity index (χ2v) is 4.48. The molecule has 1 N–H and O–H groups in total. The molecule has 0 unspecified atom stereocenters. The van der Waals surface area contributed by atoms with Crippen LogP contribution in [0.15, 0.2) is 49.0 Å². The minimum atomic E-state index is 0.900. The van der Waals surface area contributed by atoms with Crippen molar-refractivity contribution in [2.24, 2.45) is 0 Å². The van der Waals surface area contributed by atoms with Gasteiger partial charge in [0.2, 0.25) is 0 Å². The van der Waals surface area contributed by atoms with Gasteiger partial charge in [0.05, 0.1) is 15.8 Å². The van der Waals surface area contributed by atoms with Crippen LogP contribution >= 0.6 is 0 Å². The molecule has 0 bridgehead atoms. The maximum absolute atomic E-state index is 3.94. The van der Waals surface area contributed by atoms with Gasteiger partial charge in [0.25, 0.3) is 0 Å². The molecule has 0 spiro atoms. The first-order valence-electron chi connectivity index (χ1n) is 5.17. The molecule has 3 aromatic rings. The molecule has 0 aliphatic heterocycles. The average molecular weight is 220 g/mol. The highest BCUT2D eigenvalue weighted by atomic mass is 28.1. The largest absolute Gasteiger partial charge is 0.354 e. The lowest BCUT2D eigenvalue weighted by Crippen LogP contribution is -1.83. The van der Waals surface area contributed by atoms with Crippen LogP contribution < -0.4 is 0 Å². The van der Waals surface area contributed by atoms with Crippen molar-refractivity contribution in [3.05, 3.63) is 54.6 Å². The Hall–Kier alpha value is -1.80. The highest BCUT2D eigenvalue weighted by Crippen LogP contribution is 2.29. The predicted octanol–water partition coefficient (Wildman–Crippen LogP) is 3.46. The van der Waals surface area contributed by atoms with Crippen LogP contribution in [0.5, 0.6) is 0 Å². The SMILES string of the molecule is C=C([Si])c1cccc2c1[nH]c1ccccc12. The van der Waals surface area contributed by atoms with E-state index >= 15 is 0 Å². The van der Waals surface area contributed by atoms with E-state index in [1.165, 1.54) is 10.8 Å². The minimum Gasteiger partial charge on any atom is -0.354 e. The Labute approximate surface area is 97.2 Å². The van der Waals surface area contributed by atoms with E-state index in [1.54, 1.807) is 0 Å². The fourth-order valence-corrected chi connectivity index (χ4v) is 2.33. The zero-order valence-electron chi connectivity index (χ0n) is 8.75. The van der Waals surface area contributed by atoms with Gasteiger partial charge in [-0.3, -0.25) is 0 Å². The standard InChI is InChI=1S/C14H10NSi/c1-9(16)10-6-4-7-12-11-5-2-3-8-13(11)15-14(10)12/h2-8,15H,1H2. The van der Waals surface area contributed by atoms with Crippen LogP contribution in [0, 0.1) is 0 Å². The van der Waals surface area contributed by atoms with Gasteiger partial charge in [-0.05, 0) is 11.6 Å². The number of nitrogens with one attached hydrogen (secondary N) is 1. The van der Waals surface area contributed by atoms with Gasteiger partial charge in [-0.2, -0.15) is 0 Å². The summed E-state index contributed by atoms with van der Waals surface area (Å²) in [5.74, 6) is 0. The third kappa shape index (κ3) is 1.23. The van der Waals surface area contributed by atoms with E-state index in [0.717, 1.165) is 21.8 Å². The normalized spacial score (nSPS) is 11.1. The number of hydrogen-bond acceptors (Lipinski definition) is 0. The van der Waals surface area contributed by atoms with Gasteiger partial charge >= 0.3 is 0 Å². The van der Waals surface area contributed by atoms with Crippen molar-refractivity contribution < 1.29 is 0 Å². The molecule has 0 atom stereocenters. The van der Waals surface area contributed by atoms with Gasteiger partial charge in [-0.1, -0.05) is 48.2 Å². The summed E-state index contributed by atoms with van der Waals surface area (Å²) < 4.78 is 0. The lowest BCUT2D eigenvalue weighted by molar-refractivity contribution is 1.53. The fraction of sp³-hybridized carbons (Fsp3) is 0. The highest BCUT2D eigenvalue weighted by molar-refractivity contribution is 6.43. The molecule has 0 saturated carbocycles. The molecule has 0 saturated heterocycles. The molecule has 16 heavy (non-hydrogen) atoms. The van der Waals surface area contributed by atoms with Crippen molar-refractivity contribution in [1.82, 2.24) is 4.98 Å². The smallest absolute Gasteiger partial charge is 0.0712 e. The van der Waals surface area contributed by atoms with Gasteiger partial charge < -0.3 is 4.98 Å². The number of H-pyrrole nitrogens is 1. The number of para-hydroxylation sites is 2. The quantitative estimate of drug-likeness (QED) is 0.604. The van der Waals surface area contributed by atoms with Crippen LogP contribution in [0.25, 0.3) is 27.0 Å². The van der Waals surface area contributed by atoms with Crippen molar-refractivity contribution in [3.8, 4) is 0 Å². The zero-order chi connectivity index (χ0) is 11.1. The van der Waals surface area contributed by atoms with Crippen LogP contribution in [-0.2, 0) is 0 Å². The van der Waals surface area contributed by atoms with E-state index in [4.69, 9.17) is 0 Å². The highest BCUT2D eigenvalue weighted by Gasteiger charge is 2.06. The molecule has 0 amide bonds. The van der Waals surface area contributed by atoms with E-state index < -0.39 is 0 Å². The Morgan fingerprint density at radius 3 is 2.56 bits per heavy atom. The summed E-state index contributed by atoms with van der Waals surface area (Å²) >= 11 is 0. The lowest BCUT2D eigenvalue weighted by Gasteiger charge is -2.00. The maximum Gasteiger partial charge on any atom is 0.0712 e. The number of fused-ring (bicyclic) bond motifs is 3. The summed E-state index contributed by atoms with van der Waals surface area (Å²) in [6.45, 7) is 3.94. The second kappa shape index (κ2) is 3.35. The Balaban J connectivity index is 2.54. The fourth-order valence-electron chi connectivity index (χ4n) is 2.12. The van der Waals surface area contributed by atoms with Crippen molar-refractivity contribution in [2.45, 2.75) is 0 Å². The van der Waals surface area contributed by atoms with E-state index in [-0.39, 0.29) is 0 Å². The van der Waals surface area contributed by atoms with Crippen molar-refractivity contribution in [1.29, 1.82) is 0 Å². The number of rotatable bonds is 1. The number of benzene rings is 2. The Bertz CT molecular complexity index is 694. The molecule has 75 valence electrons. The first-order valence-corrected chi connectivity index (χ1v) is 5.67. The summed E-state index contributed by atoms with van der Waals surface area (Å²) in [4.78, 5) is 3.44. The molecule has 3 radical (unpaired) electrons. The summed E-state index contributed by atoms with van der Waals surface area (Å²) in [7, 11) is 3.50. The van der Waals surface area contributed by atoms with E-state index in [9.17, 15) is 0 Å². The van der Waals surface area contributed by atoms with Gasteiger partial charge in [-0.25, -0.2) is 0 Å². The van der Waals surface area contributed by atoms with Crippen molar-refractivity contribution in [2.75, 3.05) is 0 Å². The summed E-state index contributed by atoms with van der Waals surface area (Å²) in [6.07, 6.45) is 0. The van der Waals surface area contributed by atoms with Crippen LogP contribution in [0.4, 0.5) is 0 Å². The molecule has 1 nitrogen and oxygen atoms in total. The topological polar surface area (TPSA) is 15.8 Å². The van der Waals surface area contributed by atoms with Crippen LogP contribution in [-0.4, -0.2) is 15.2 Å². The maximum atomic E-state index is 3.94. The third-order valence-electron chi connectivity index (χ3n) is 2.87. The summed E-state index contributed by atoms with van der Waals surface area (Å²) in [6, 6.07) is 14.6. The van der Waals surface area contributed by atoms with Crippen LogP contribution in [0.2, 0.25) is 0 Å². The van der Waals surface area contributed by atoms with Crippen LogP contribution in [0.1, 0.15) is 5.56 Å². The zero-order valence-corrected chi connectivity index (χ0v) is 9.75. The molecular weight excluding hydrogens is 210 g/mol. The molecule has 1 aromatic heterocycles. The van der Waals surface area contributed by atoms with Crippen molar-refractivity contribution in [3.63, 3.8) is 0 Å². The van der Waals surface area contributed by atoms with E-state index in [1.807, 2.05) is 6.07 Å². The van der Waals surface area contributed by atoms with Gasteiger partial charge in [0.15, 0.2) is 0 Å². The number of aromatic nitrogens is 1. The molecule has 0 aliphatic rings. The van der Waals surface area contributed by atoms with Crippen molar-refractivity contribution >= 4 is 37.2 Å². The molecule has 1 heterocycles. The van der Waals surface area contributed by atoms with Gasteiger partial charge in [-0.15, -0.1) is 0 Å². The number of aromatic amines is 1. The first kappa shape index (κ1) is 9.42. The second-order valence-electron chi connectivity index (χ2n) is 3.88.